The van der Waals surface area contributed by atoms with Gasteiger partial charge in [0.25, 0.3) is 6.01 Å². The normalized spacial score (nSPS) is 13.9. The molecule has 0 spiro atoms. The van der Waals surface area contributed by atoms with Crippen LogP contribution in [0.15, 0.2) is 27.4 Å². The number of carboxylic acid groups (broad SMARTS) is 1. The Morgan fingerprint density at radius 2 is 2.19 bits per heavy atom. The summed E-state index contributed by atoms with van der Waals surface area (Å²) in [5.41, 5.74) is 0.743. The number of hydrogen-bond acceptors (Lipinski definition) is 5. The van der Waals surface area contributed by atoms with Gasteiger partial charge < -0.3 is 14.8 Å². The second-order valence-electron chi connectivity index (χ2n) is 5.12. The van der Waals surface area contributed by atoms with Crippen molar-refractivity contribution >= 4 is 22.9 Å². The number of benzene rings is 1. The number of aryl methyl sites for hydroxylation is 1. The van der Waals surface area contributed by atoms with Crippen LogP contribution < -0.4 is 10.9 Å². The van der Waals surface area contributed by atoms with Gasteiger partial charge in [-0.15, -0.1) is 0 Å². The summed E-state index contributed by atoms with van der Waals surface area (Å²) in [7, 11) is 0. The smallest absolute Gasteiger partial charge is 0.348 e. The van der Waals surface area contributed by atoms with Gasteiger partial charge in [-0.1, -0.05) is 32.4 Å². The summed E-state index contributed by atoms with van der Waals surface area (Å²) in [6, 6.07) is 4.37. The van der Waals surface area contributed by atoms with Crippen molar-refractivity contribution in [3.8, 4) is 0 Å². The maximum absolute atomic E-state index is 12.0. The Bertz CT molecular complexity index is 723. The van der Waals surface area contributed by atoms with E-state index in [4.69, 9.17) is 4.42 Å². The molecule has 0 aliphatic heterocycles. The molecule has 0 saturated heterocycles. The standard InChI is InChI=1S/C15H18N2O4/c1-4-8(2)12(13(18)19)17-15-16-10-7-5-6-9(3)11(10)14(20)21-15/h5-8,12H,4H2,1-3H3,(H,16,17)(H,18,19)/t8-,12-/m0/s1. The summed E-state index contributed by atoms with van der Waals surface area (Å²) >= 11 is 0. The summed E-state index contributed by atoms with van der Waals surface area (Å²) < 4.78 is 5.11. The van der Waals surface area contributed by atoms with E-state index in [2.05, 4.69) is 10.3 Å². The van der Waals surface area contributed by atoms with Crippen LogP contribution in [-0.4, -0.2) is 22.1 Å². The molecule has 0 fully saturated rings. The largest absolute Gasteiger partial charge is 0.480 e. The summed E-state index contributed by atoms with van der Waals surface area (Å²) in [4.78, 5) is 27.5. The lowest BCUT2D eigenvalue weighted by molar-refractivity contribution is -0.139. The van der Waals surface area contributed by atoms with Crippen molar-refractivity contribution in [3.05, 3.63) is 34.2 Å². The molecule has 21 heavy (non-hydrogen) atoms. The zero-order chi connectivity index (χ0) is 15.6. The van der Waals surface area contributed by atoms with Crippen LogP contribution in [-0.2, 0) is 4.79 Å². The van der Waals surface area contributed by atoms with Crippen molar-refractivity contribution in [2.45, 2.75) is 33.2 Å². The van der Waals surface area contributed by atoms with E-state index in [0.29, 0.717) is 17.3 Å². The van der Waals surface area contributed by atoms with Gasteiger partial charge in [0.1, 0.15) is 6.04 Å². The number of carboxylic acids is 1. The monoisotopic (exact) mass is 290 g/mol. The minimum Gasteiger partial charge on any atom is -0.480 e. The zero-order valence-corrected chi connectivity index (χ0v) is 12.2. The van der Waals surface area contributed by atoms with Crippen LogP contribution in [0.1, 0.15) is 25.8 Å². The molecule has 2 aromatic rings. The van der Waals surface area contributed by atoms with E-state index in [1.807, 2.05) is 13.8 Å². The lowest BCUT2D eigenvalue weighted by Crippen LogP contribution is -2.36. The number of aromatic nitrogens is 1. The summed E-state index contributed by atoms with van der Waals surface area (Å²) in [6.07, 6.45) is 0.681. The van der Waals surface area contributed by atoms with Gasteiger partial charge in [-0.25, -0.2) is 9.59 Å². The van der Waals surface area contributed by atoms with Crippen molar-refractivity contribution in [2.24, 2.45) is 5.92 Å². The number of nitrogens with one attached hydrogen (secondary N) is 1. The maximum Gasteiger partial charge on any atom is 0.348 e. The average molecular weight is 290 g/mol. The maximum atomic E-state index is 12.0. The lowest BCUT2D eigenvalue weighted by Gasteiger charge is -2.19. The van der Waals surface area contributed by atoms with E-state index in [9.17, 15) is 14.7 Å². The van der Waals surface area contributed by atoms with Crippen molar-refractivity contribution in [2.75, 3.05) is 5.32 Å². The summed E-state index contributed by atoms with van der Waals surface area (Å²) in [5.74, 6) is -1.12. The molecule has 0 unspecified atom stereocenters. The van der Waals surface area contributed by atoms with Gasteiger partial charge in [0.2, 0.25) is 0 Å². The van der Waals surface area contributed by atoms with Crippen LogP contribution in [0, 0.1) is 12.8 Å². The van der Waals surface area contributed by atoms with Crippen LogP contribution in [0.25, 0.3) is 10.9 Å². The number of anilines is 1. The molecule has 2 N–H and O–H groups in total. The Morgan fingerprint density at radius 3 is 2.81 bits per heavy atom. The molecular weight excluding hydrogens is 272 g/mol. The third kappa shape index (κ3) is 3.04. The number of rotatable bonds is 5. The molecule has 112 valence electrons. The Morgan fingerprint density at radius 1 is 1.48 bits per heavy atom. The first-order valence-corrected chi connectivity index (χ1v) is 6.83. The fraction of sp³-hybridized carbons (Fsp3) is 0.400. The highest BCUT2D eigenvalue weighted by Crippen LogP contribution is 2.17. The van der Waals surface area contributed by atoms with Crippen molar-refractivity contribution in [3.63, 3.8) is 0 Å². The van der Waals surface area contributed by atoms with E-state index in [0.717, 1.165) is 5.56 Å². The van der Waals surface area contributed by atoms with Crippen LogP contribution in [0.2, 0.25) is 0 Å². The van der Waals surface area contributed by atoms with E-state index >= 15 is 0 Å². The van der Waals surface area contributed by atoms with Crippen LogP contribution in [0.5, 0.6) is 0 Å². The Labute approximate surface area is 121 Å². The number of carbonyl (C=O) groups is 1. The summed E-state index contributed by atoms with van der Waals surface area (Å²) in [6.45, 7) is 5.51. The van der Waals surface area contributed by atoms with Gasteiger partial charge >= 0.3 is 11.6 Å². The van der Waals surface area contributed by atoms with Gasteiger partial charge in [0, 0.05) is 0 Å². The van der Waals surface area contributed by atoms with Gasteiger partial charge in [-0.05, 0) is 24.5 Å². The van der Waals surface area contributed by atoms with Crippen LogP contribution in [0.4, 0.5) is 6.01 Å². The number of hydrogen-bond donors (Lipinski definition) is 2. The minimum absolute atomic E-state index is 0.0641. The SMILES string of the molecule is CC[C@H](C)[C@H](Nc1nc2cccc(C)c2c(=O)o1)C(=O)O. The van der Waals surface area contributed by atoms with E-state index in [-0.39, 0.29) is 11.9 Å². The van der Waals surface area contributed by atoms with E-state index < -0.39 is 17.6 Å². The van der Waals surface area contributed by atoms with Gasteiger partial charge in [-0.2, -0.15) is 4.98 Å². The van der Waals surface area contributed by atoms with Crippen molar-refractivity contribution in [1.82, 2.24) is 4.98 Å². The predicted molar refractivity (Wildman–Crippen MR) is 79.5 cm³/mol. The molecule has 0 aliphatic rings. The van der Waals surface area contributed by atoms with E-state index in [1.165, 1.54) is 0 Å². The highest BCUT2D eigenvalue weighted by Gasteiger charge is 2.25. The summed E-state index contributed by atoms with van der Waals surface area (Å²) in [5, 5.41) is 12.4. The quantitative estimate of drug-likeness (QED) is 0.878. The molecule has 1 aromatic heterocycles. The molecule has 0 saturated carbocycles. The fourth-order valence-corrected chi connectivity index (χ4v) is 2.16. The van der Waals surface area contributed by atoms with Crippen LogP contribution in [0.3, 0.4) is 0 Å². The Hall–Kier alpha value is -2.37. The first kappa shape index (κ1) is 15.0. The van der Waals surface area contributed by atoms with Gasteiger partial charge in [0.05, 0.1) is 10.9 Å². The highest BCUT2D eigenvalue weighted by molar-refractivity contribution is 5.82. The van der Waals surface area contributed by atoms with Gasteiger partial charge in [0.15, 0.2) is 0 Å². The van der Waals surface area contributed by atoms with Gasteiger partial charge in [-0.3, -0.25) is 0 Å². The minimum atomic E-state index is -1.00. The second-order valence-corrected chi connectivity index (χ2v) is 5.12. The third-order valence-corrected chi connectivity index (χ3v) is 3.62. The van der Waals surface area contributed by atoms with E-state index in [1.54, 1.807) is 25.1 Å². The molecule has 0 amide bonds. The zero-order valence-electron chi connectivity index (χ0n) is 12.2. The third-order valence-electron chi connectivity index (χ3n) is 3.62. The molecule has 1 heterocycles. The molecule has 2 rings (SSSR count). The Balaban J connectivity index is 2.43. The molecule has 2 atom stereocenters. The number of fused-ring (bicyclic) bond motifs is 1. The first-order valence-electron chi connectivity index (χ1n) is 6.83. The van der Waals surface area contributed by atoms with Crippen molar-refractivity contribution < 1.29 is 14.3 Å². The highest BCUT2D eigenvalue weighted by atomic mass is 16.4. The fourth-order valence-electron chi connectivity index (χ4n) is 2.16. The number of nitrogens with zero attached hydrogens (tertiary/aromatic N) is 1. The Kier molecular flexibility index (Phi) is 4.26. The first-order chi connectivity index (χ1) is 9.93. The topological polar surface area (TPSA) is 92.4 Å². The molecule has 6 heteroatoms. The average Bonchev–Trinajstić information content (AvgIpc) is 2.43. The van der Waals surface area contributed by atoms with Crippen LogP contribution >= 0.6 is 0 Å². The predicted octanol–water partition coefficient (Wildman–Crippen LogP) is 2.41. The molecule has 0 radical (unpaired) electrons. The molecular formula is C15H18N2O4. The molecule has 1 aromatic carbocycles. The molecule has 6 nitrogen and oxygen atoms in total. The molecule has 0 bridgehead atoms. The second kappa shape index (κ2) is 5.95. The van der Waals surface area contributed by atoms with Crippen molar-refractivity contribution in [1.29, 1.82) is 0 Å². The lowest BCUT2D eigenvalue weighted by atomic mass is 10.00. The molecule has 0 aliphatic carbocycles. The number of aliphatic carboxylic acids is 1.